The first-order valence-electron chi connectivity index (χ1n) is 8.19. The van der Waals surface area contributed by atoms with Crippen molar-refractivity contribution in [2.75, 3.05) is 18.4 Å². The summed E-state index contributed by atoms with van der Waals surface area (Å²) in [6.07, 6.45) is 7.85. The van der Waals surface area contributed by atoms with Crippen molar-refractivity contribution < 1.29 is 9.90 Å². The lowest BCUT2D eigenvalue weighted by Crippen LogP contribution is -2.52. The molecule has 0 radical (unpaired) electrons. The molecule has 0 unspecified atom stereocenters. The minimum absolute atomic E-state index is 0.156. The highest BCUT2D eigenvalue weighted by Gasteiger charge is 2.37. The fourth-order valence-corrected chi connectivity index (χ4v) is 3.33. The Morgan fingerprint density at radius 2 is 2.22 bits per heavy atom. The predicted octanol–water partition coefficient (Wildman–Crippen LogP) is 1.70. The van der Waals surface area contributed by atoms with Crippen molar-refractivity contribution in [3.8, 4) is 0 Å². The van der Waals surface area contributed by atoms with Crippen molar-refractivity contribution in [1.29, 1.82) is 0 Å². The number of hydrogen-bond donors (Lipinski definition) is 3. The van der Waals surface area contributed by atoms with E-state index in [1.807, 2.05) is 12.3 Å². The maximum absolute atomic E-state index is 11.1. The number of rotatable bonds is 7. The normalized spacial score (nSPS) is 23.9. The third-order valence-corrected chi connectivity index (χ3v) is 4.85. The van der Waals surface area contributed by atoms with Gasteiger partial charge in [0.25, 0.3) is 0 Å². The Balaban J connectivity index is 1.36. The summed E-state index contributed by atoms with van der Waals surface area (Å²) in [7, 11) is 0. The van der Waals surface area contributed by atoms with E-state index in [4.69, 9.17) is 5.11 Å². The average molecular weight is 315 g/mol. The van der Waals surface area contributed by atoms with Crippen LogP contribution in [0.2, 0.25) is 0 Å². The maximum atomic E-state index is 11.1. The van der Waals surface area contributed by atoms with Gasteiger partial charge >= 0.3 is 5.97 Å². The lowest BCUT2D eigenvalue weighted by Gasteiger charge is -2.43. The van der Waals surface area contributed by atoms with Crippen LogP contribution in [-0.4, -0.2) is 56.1 Å². The smallest absolute Gasteiger partial charge is 0.317 e. The standard InChI is InChI=1S/C16H21N5O2/c22-14(23)8-21(7-10-1-2-10)12-5-11(6-12)20-16-13-3-4-17-15(13)18-9-19-16/h3-4,9-12H,1-2,5-8H2,(H,22,23)(H2,17,18,19,20). The topological polar surface area (TPSA) is 94.1 Å². The van der Waals surface area contributed by atoms with Crippen molar-refractivity contribution >= 4 is 22.8 Å². The number of nitrogens with zero attached hydrogens (tertiary/aromatic N) is 3. The number of nitrogens with one attached hydrogen (secondary N) is 2. The van der Waals surface area contributed by atoms with Crippen LogP contribution in [0.25, 0.3) is 11.0 Å². The van der Waals surface area contributed by atoms with Crippen molar-refractivity contribution in [3.63, 3.8) is 0 Å². The van der Waals surface area contributed by atoms with E-state index in [1.165, 1.54) is 12.8 Å². The van der Waals surface area contributed by atoms with Gasteiger partial charge in [0.1, 0.15) is 17.8 Å². The molecule has 2 fully saturated rings. The molecule has 122 valence electrons. The summed E-state index contributed by atoms with van der Waals surface area (Å²) in [6, 6.07) is 2.69. The Morgan fingerprint density at radius 1 is 1.39 bits per heavy atom. The molecule has 0 amide bonds. The molecule has 4 rings (SSSR count). The van der Waals surface area contributed by atoms with Gasteiger partial charge in [0.2, 0.25) is 0 Å². The van der Waals surface area contributed by atoms with E-state index in [2.05, 4.69) is 25.2 Å². The first-order valence-corrected chi connectivity index (χ1v) is 8.19. The van der Waals surface area contributed by atoms with E-state index in [-0.39, 0.29) is 6.54 Å². The summed E-state index contributed by atoms with van der Waals surface area (Å²) >= 11 is 0. The van der Waals surface area contributed by atoms with E-state index >= 15 is 0 Å². The number of H-pyrrole nitrogens is 1. The molecule has 2 aromatic heterocycles. The number of aliphatic carboxylic acids is 1. The molecule has 0 aliphatic heterocycles. The van der Waals surface area contributed by atoms with Gasteiger partial charge in [0, 0.05) is 24.8 Å². The van der Waals surface area contributed by atoms with Crippen LogP contribution in [0.1, 0.15) is 25.7 Å². The fourth-order valence-electron chi connectivity index (χ4n) is 3.33. The number of anilines is 1. The summed E-state index contributed by atoms with van der Waals surface area (Å²) < 4.78 is 0. The van der Waals surface area contributed by atoms with Gasteiger partial charge in [-0.3, -0.25) is 9.69 Å². The van der Waals surface area contributed by atoms with Gasteiger partial charge in [0.15, 0.2) is 0 Å². The summed E-state index contributed by atoms with van der Waals surface area (Å²) in [4.78, 5) is 24.8. The molecular formula is C16H21N5O2. The van der Waals surface area contributed by atoms with Crippen LogP contribution in [0.15, 0.2) is 18.6 Å². The third kappa shape index (κ3) is 3.14. The highest BCUT2D eigenvalue weighted by atomic mass is 16.4. The van der Waals surface area contributed by atoms with Crippen LogP contribution in [0.3, 0.4) is 0 Å². The minimum atomic E-state index is -0.730. The molecule has 2 aromatic rings. The van der Waals surface area contributed by atoms with E-state index in [1.54, 1.807) is 6.33 Å². The molecular weight excluding hydrogens is 294 g/mol. The van der Waals surface area contributed by atoms with Crippen molar-refractivity contribution in [2.45, 2.75) is 37.8 Å². The second-order valence-electron chi connectivity index (χ2n) is 6.70. The second kappa shape index (κ2) is 5.81. The van der Waals surface area contributed by atoms with Gasteiger partial charge in [-0.25, -0.2) is 9.97 Å². The average Bonchev–Trinajstić information content (AvgIpc) is 3.14. The van der Waals surface area contributed by atoms with Gasteiger partial charge in [-0.05, 0) is 37.7 Å². The number of carbonyl (C=O) groups is 1. The van der Waals surface area contributed by atoms with Crippen molar-refractivity contribution in [1.82, 2.24) is 19.9 Å². The molecule has 7 nitrogen and oxygen atoms in total. The molecule has 7 heteroatoms. The number of hydrogen-bond acceptors (Lipinski definition) is 5. The largest absolute Gasteiger partial charge is 0.480 e. The molecule has 0 atom stereocenters. The summed E-state index contributed by atoms with van der Waals surface area (Å²) in [5.74, 6) is 0.835. The third-order valence-electron chi connectivity index (χ3n) is 4.85. The number of aromatic amines is 1. The molecule has 0 bridgehead atoms. The zero-order valence-electron chi connectivity index (χ0n) is 12.9. The Kier molecular flexibility index (Phi) is 3.65. The molecule has 2 aliphatic carbocycles. The van der Waals surface area contributed by atoms with Crippen LogP contribution in [0, 0.1) is 5.92 Å². The molecule has 0 spiro atoms. The predicted molar refractivity (Wildman–Crippen MR) is 86.3 cm³/mol. The van der Waals surface area contributed by atoms with Gasteiger partial charge in [0.05, 0.1) is 11.9 Å². The second-order valence-corrected chi connectivity index (χ2v) is 6.70. The summed E-state index contributed by atoms with van der Waals surface area (Å²) in [5, 5.41) is 13.6. The number of aromatic nitrogens is 3. The van der Waals surface area contributed by atoms with Crippen LogP contribution >= 0.6 is 0 Å². The molecule has 0 aromatic carbocycles. The van der Waals surface area contributed by atoms with Crippen molar-refractivity contribution in [3.05, 3.63) is 18.6 Å². The van der Waals surface area contributed by atoms with Crippen LogP contribution in [0.5, 0.6) is 0 Å². The van der Waals surface area contributed by atoms with E-state index in [0.717, 1.165) is 36.2 Å². The zero-order valence-corrected chi connectivity index (χ0v) is 12.9. The Morgan fingerprint density at radius 3 is 2.96 bits per heavy atom. The molecule has 2 saturated carbocycles. The summed E-state index contributed by atoms with van der Waals surface area (Å²) in [5.41, 5.74) is 0.833. The number of fused-ring (bicyclic) bond motifs is 1. The quantitative estimate of drug-likeness (QED) is 0.720. The van der Waals surface area contributed by atoms with Crippen LogP contribution < -0.4 is 5.32 Å². The lowest BCUT2D eigenvalue weighted by molar-refractivity contribution is -0.139. The van der Waals surface area contributed by atoms with Crippen LogP contribution in [-0.2, 0) is 4.79 Å². The lowest BCUT2D eigenvalue weighted by atomic mass is 9.85. The Bertz CT molecular complexity index is 705. The maximum Gasteiger partial charge on any atom is 0.317 e. The minimum Gasteiger partial charge on any atom is -0.480 e. The van der Waals surface area contributed by atoms with Gasteiger partial charge in [-0.15, -0.1) is 0 Å². The molecule has 2 aliphatic rings. The monoisotopic (exact) mass is 315 g/mol. The van der Waals surface area contributed by atoms with Gasteiger partial charge < -0.3 is 15.4 Å². The Hall–Kier alpha value is -2.15. The highest BCUT2D eigenvalue weighted by Crippen LogP contribution is 2.35. The molecule has 23 heavy (non-hydrogen) atoms. The van der Waals surface area contributed by atoms with Crippen LogP contribution in [0.4, 0.5) is 5.82 Å². The fraction of sp³-hybridized carbons (Fsp3) is 0.562. The SMILES string of the molecule is O=C(O)CN(CC1CC1)C1CC(Nc2ncnc3[nH]ccc23)C1. The Labute approximate surface area is 134 Å². The van der Waals surface area contributed by atoms with Crippen molar-refractivity contribution in [2.24, 2.45) is 5.92 Å². The highest BCUT2D eigenvalue weighted by molar-refractivity contribution is 5.86. The zero-order chi connectivity index (χ0) is 15.8. The van der Waals surface area contributed by atoms with E-state index in [9.17, 15) is 4.79 Å². The van der Waals surface area contributed by atoms with Gasteiger partial charge in [-0.1, -0.05) is 0 Å². The number of carboxylic acid groups (broad SMARTS) is 1. The first-order chi connectivity index (χ1) is 11.2. The summed E-state index contributed by atoms with van der Waals surface area (Å²) in [6.45, 7) is 1.09. The van der Waals surface area contributed by atoms with Gasteiger partial charge in [-0.2, -0.15) is 0 Å². The number of carboxylic acids is 1. The first kappa shape index (κ1) is 14.4. The van der Waals surface area contributed by atoms with E-state index in [0.29, 0.717) is 18.0 Å². The van der Waals surface area contributed by atoms with E-state index < -0.39 is 5.97 Å². The molecule has 3 N–H and O–H groups in total. The molecule has 0 saturated heterocycles. The molecule has 2 heterocycles.